The molecular weight excluding hydrogens is 593 g/mol. The van der Waals surface area contributed by atoms with Gasteiger partial charge in [-0.15, -0.1) is 0 Å². The molecule has 4 aromatic rings. The number of rotatable bonds is 12. The molecule has 1 saturated heterocycles. The van der Waals surface area contributed by atoms with Crippen LogP contribution in [0.4, 0.5) is 15.8 Å². The maximum absolute atomic E-state index is 13.2. The molecule has 1 aromatic heterocycles. The van der Waals surface area contributed by atoms with Crippen LogP contribution in [-0.4, -0.2) is 67.1 Å². The molecule has 1 aliphatic carbocycles. The van der Waals surface area contributed by atoms with Crippen molar-refractivity contribution < 1.29 is 33.0 Å². The summed E-state index contributed by atoms with van der Waals surface area (Å²) in [7, 11) is 0. The van der Waals surface area contributed by atoms with E-state index in [1.165, 1.54) is 24.3 Å². The summed E-state index contributed by atoms with van der Waals surface area (Å²) >= 11 is 0. The predicted octanol–water partition coefficient (Wildman–Crippen LogP) is 4.72. The molecule has 46 heavy (non-hydrogen) atoms. The van der Waals surface area contributed by atoms with Gasteiger partial charge in [0, 0.05) is 48.7 Å². The normalized spacial score (nSPS) is 15.6. The Kier molecular flexibility index (Phi) is 9.08. The maximum atomic E-state index is 13.2. The van der Waals surface area contributed by atoms with Gasteiger partial charge in [0.05, 0.1) is 30.9 Å². The van der Waals surface area contributed by atoms with Crippen LogP contribution < -0.4 is 25.8 Å². The summed E-state index contributed by atoms with van der Waals surface area (Å²) in [4.78, 5) is 45.0. The number of primary amides is 1. The van der Waals surface area contributed by atoms with Crippen molar-refractivity contribution in [2.45, 2.75) is 19.3 Å². The van der Waals surface area contributed by atoms with Gasteiger partial charge in [-0.05, 0) is 79.9 Å². The molecule has 0 atom stereocenters. The molecule has 2 heterocycles. The van der Waals surface area contributed by atoms with Crippen molar-refractivity contribution in [3.05, 3.63) is 84.3 Å². The van der Waals surface area contributed by atoms with Crippen LogP contribution in [0.3, 0.4) is 0 Å². The molecule has 2 fully saturated rings. The van der Waals surface area contributed by atoms with Crippen molar-refractivity contribution in [3.63, 3.8) is 0 Å². The second-order valence-corrected chi connectivity index (χ2v) is 11.3. The number of nitrogens with one attached hydrogen (secondary N) is 2. The van der Waals surface area contributed by atoms with Crippen LogP contribution in [0.5, 0.6) is 17.2 Å². The fourth-order valence-electron chi connectivity index (χ4n) is 5.29. The fraction of sp³-hybridized carbons (Fsp3) is 0.294. The Bertz CT molecular complexity index is 1740. The molecule has 0 radical (unpaired) electrons. The summed E-state index contributed by atoms with van der Waals surface area (Å²) in [5, 5.41) is 6.08. The minimum absolute atomic E-state index is 0.229. The summed E-state index contributed by atoms with van der Waals surface area (Å²) < 4.78 is 30.7. The molecule has 2 aliphatic rings. The Labute approximate surface area is 264 Å². The number of carbonyl (C=O) groups is 3. The topological polar surface area (TPSA) is 145 Å². The first-order chi connectivity index (χ1) is 22.3. The molecule has 3 amide bonds. The quantitative estimate of drug-likeness (QED) is 0.151. The molecule has 4 N–H and O–H groups in total. The lowest BCUT2D eigenvalue weighted by Crippen LogP contribution is -2.37. The Balaban J connectivity index is 1.09. The molecule has 1 aliphatic heterocycles. The molecule has 1 saturated carbocycles. The Morgan fingerprint density at radius 1 is 0.913 bits per heavy atom. The largest absolute Gasteiger partial charge is 0.493 e. The molecule has 0 unspecified atom stereocenters. The van der Waals surface area contributed by atoms with E-state index < -0.39 is 29.0 Å². The Morgan fingerprint density at radius 2 is 1.57 bits per heavy atom. The van der Waals surface area contributed by atoms with Gasteiger partial charge in [-0.1, -0.05) is 0 Å². The van der Waals surface area contributed by atoms with Gasteiger partial charge in [0.1, 0.15) is 28.5 Å². The summed E-state index contributed by atoms with van der Waals surface area (Å²) in [6.07, 6.45) is 3.21. The van der Waals surface area contributed by atoms with Gasteiger partial charge in [0.25, 0.3) is 5.91 Å². The number of ether oxygens (including phenoxy) is 3. The molecule has 6 rings (SSSR count). The number of carbonyl (C=O) groups excluding carboxylic acids is 3. The monoisotopic (exact) mass is 627 g/mol. The minimum atomic E-state index is -1.18. The van der Waals surface area contributed by atoms with Gasteiger partial charge in [-0.25, -0.2) is 4.39 Å². The van der Waals surface area contributed by atoms with E-state index in [1.807, 2.05) is 0 Å². The highest BCUT2D eigenvalue weighted by Crippen LogP contribution is 2.47. The first-order valence-electron chi connectivity index (χ1n) is 15.1. The standard InChI is InChI=1S/C34H34FN5O6/c35-22-2-4-23(5-3-22)38-32(42)34(11-12-34)33(43)39-24-6-8-25(9-7-24)46-29-10-13-37-28-21-30(27(31(36)41)20-26(28)29)45-17-1-14-40-15-18-44-19-16-40/h2-10,13,20-21H,1,11-12,14-19H2,(H2,36,41)(H,38,42)(H,39,43). The third-order valence-electron chi connectivity index (χ3n) is 8.11. The maximum Gasteiger partial charge on any atom is 0.252 e. The molecule has 0 spiro atoms. The Morgan fingerprint density at radius 3 is 2.20 bits per heavy atom. The smallest absolute Gasteiger partial charge is 0.252 e. The zero-order chi connectivity index (χ0) is 32.1. The van der Waals surface area contributed by atoms with E-state index in [0.29, 0.717) is 59.0 Å². The van der Waals surface area contributed by atoms with Crippen LogP contribution in [0, 0.1) is 11.2 Å². The third-order valence-corrected chi connectivity index (χ3v) is 8.11. The van der Waals surface area contributed by atoms with Crippen LogP contribution in [0.15, 0.2) is 72.9 Å². The number of benzene rings is 3. The number of nitrogens with two attached hydrogens (primary N) is 1. The third kappa shape index (κ3) is 7.08. The molecule has 238 valence electrons. The van der Waals surface area contributed by atoms with Crippen LogP contribution in [0.1, 0.15) is 29.6 Å². The van der Waals surface area contributed by atoms with Crippen molar-refractivity contribution in [2.24, 2.45) is 11.1 Å². The summed E-state index contributed by atoms with van der Waals surface area (Å²) in [6, 6.07) is 17.1. The number of fused-ring (bicyclic) bond motifs is 1. The van der Waals surface area contributed by atoms with Crippen molar-refractivity contribution in [2.75, 3.05) is 50.1 Å². The number of morpholine rings is 1. The summed E-state index contributed by atoms with van der Waals surface area (Å²) in [5.41, 5.74) is 6.24. The van der Waals surface area contributed by atoms with Crippen molar-refractivity contribution in [1.29, 1.82) is 0 Å². The zero-order valence-electron chi connectivity index (χ0n) is 25.1. The van der Waals surface area contributed by atoms with E-state index in [0.717, 1.165) is 39.3 Å². The van der Waals surface area contributed by atoms with Gasteiger partial charge in [-0.2, -0.15) is 0 Å². The zero-order valence-corrected chi connectivity index (χ0v) is 25.1. The van der Waals surface area contributed by atoms with Crippen LogP contribution in [0.25, 0.3) is 10.9 Å². The summed E-state index contributed by atoms with van der Waals surface area (Å²) in [6.45, 7) is 4.54. The number of hydrogen-bond acceptors (Lipinski definition) is 8. The number of amides is 3. The van der Waals surface area contributed by atoms with E-state index in [4.69, 9.17) is 19.9 Å². The Hall–Kier alpha value is -5.07. The van der Waals surface area contributed by atoms with E-state index in [9.17, 15) is 18.8 Å². The van der Waals surface area contributed by atoms with E-state index in [2.05, 4.69) is 20.5 Å². The first-order valence-corrected chi connectivity index (χ1v) is 15.1. The van der Waals surface area contributed by atoms with Crippen LogP contribution in [-0.2, 0) is 14.3 Å². The highest BCUT2D eigenvalue weighted by Gasteiger charge is 2.56. The van der Waals surface area contributed by atoms with Gasteiger partial charge in [0.2, 0.25) is 11.8 Å². The van der Waals surface area contributed by atoms with E-state index in [-0.39, 0.29) is 5.56 Å². The van der Waals surface area contributed by atoms with Gasteiger partial charge in [-0.3, -0.25) is 24.3 Å². The van der Waals surface area contributed by atoms with Gasteiger partial charge in [0.15, 0.2) is 0 Å². The fourth-order valence-corrected chi connectivity index (χ4v) is 5.29. The number of hydrogen-bond donors (Lipinski definition) is 3. The first kappa shape index (κ1) is 30.9. The highest BCUT2D eigenvalue weighted by molar-refractivity contribution is 6.16. The summed E-state index contributed by atoms with van der Waals surface area (Å²) in [5.74, 6) is -0.590. The predicted molar refractivity (Wildman–Crippen MR) is 169 cm³/mol. The molecule has 12 heteroatoms. The lowest BCUT2D eigenvalue weighted by atomic mass is 10.0. The second-order valence-electron chi connectivity index (χ2n) is 11.3. The van der Waals surface area contributed by atoms with E-state index in [1.54, 1.807) is 48.7 Å². The lowest BCUT2D eigenvalue weighted by Gasteiger charge is -2.26. The van der Waals surface area contributed by atoms with Crippen molar-refractivity contribution in [3.8, 4) is 17.2 Å². The number of nitrogens with zero attached hydrogens (tertiary/aromatic N) is 2. The average molecular weight is 628 g/mol. The minimum Gasteiger partial charge on any atom is -0.493 e. The SMILES string of the molecule is NC(=O)c1cc2c(Oc3ccc(NC(=O)C4(C(=O)Nc5ccc(F)cc5)CC4)cc3)ccnc2cc1OCCCN1CCOCC1. The lowest BCUT2D eigenvalue weighted by molar-refractivity contribution is -0.131. The van der Waals surface area contributed by atoms with Crippen molar-refractivity contribution >= 4 is 40.0 Å². The highest BCUT2D eigenvalue weighted by atomic mass is 19.1. The van der Waals surface area contributed by atoms with Gasteiger partial charge < -0.3 is 30.6 Å². The number of anilines is 2. The molecular formula is C34H34FN5O6. The number of aromatic nitrogens is 1. The molecule has 0 bridgehead atoms. The molecule has 3 aromatic carbocycles. The average Bonchev–Trinajstić information content (AvgIpc) is 3.88. The van der Waals surface area contributed by atoms with Crippen LogP contribution >= 0.6 is 0 Å². The van der Waals surface area contributed by atoms with E-state index >= 15 is 0 Å². The second kappa shape index (κ2) is 13.5. The number of halogens is 1. The van der Waals surface area contributed by atoms with Crippen molar-refractivity contribution in [1.82, 2.24) is 9.88 Å². The van der Waals surface area contributed by atoms with Gasteiger partial charge >= 0.3 is 0 Å². The number of pyridine rings is 1. The molecule has 11 nitrogen and oxygen atoms in total. The van der Waals surface area contributed by atoms with Crippen LogP contribution in [0.2, 0.25) is 0 Å².